The number of nitrogens with one attached hydrogen (secondary N) is 1. The maximum atomic E-state index is 4.09. The third kappa shape index (κ3) is 1.62. The molecule has 0 spiro atoms. The molecule has 0 saturated carbocycles. The maximum Gasteiger partial charge on any atom is 0.241 e. The molecule has 13 heavy (non-hydrogen) atoms. The van der Waals surface area contributed by atoms with Crippen molar-refractivity contribution in [2.45, 2.75) is 6.92 Å². The molecule has 1 heterocycles. The quantitative estimate of drug-likeness (QED) is 0.609. The summed E-state index contributed by atoms with van der Waals surface area (Å²) in [6.07, 6.45) is 0. The number of nitrogens with zero attached hydrogens (tertiary/aromatic N) is 3. The number of amidine groups is 1. The van der Waals surface area contributed by atoms with Crippen molar-refractivity contribution in [2.24, 2.45) is 15.4 Å². The van der Waals surface area contributed by atoms with Gasteiger partial charge in [-0.3, -0.25) is 0 Å². The Morgan fingerprint density at radius 1 is 1.38 bits per heavy atom. The van der Waals surface area contributed by atoms with Gasteiger partial charge < -0.3 is 0 Å². The molecule has 1 unspecified atom stereocenters. The van der Waals surface area contributed by atoms with Crippen LogP contribution in [0.2, 0.25) is 0 Å². The van der Waals surface area contributed by atoms with E-state index in [1.807, 2.05) is 31.2 Å². The van der Waals surface area contributed by atoms with Crippen LogP contribution in [0.25, 0.3) is 0 Å². The van der Waals surface area contributed by atoms with Gasteiger partial charge in [0, 0.05) is 10.8 Å². The van der Waals surface area contributed by atoms with Crippen LogP contribution in [0.5, 0.6) is 0 Å². The SMILES string of the molecule is [CH2-][NH+]1N=NC(c2cccc(C)c2)=N1. The second-order valence-electron chi connectivity index (χ2n) is 2.92. The van der Waals surface area contributed by atoms with Crippen molar-refractivity contribution in [1.82, 2.24) is 0 Å². The summed E-state index contributed by atoms with van der Waals surface area (Å²) in [5, 5.41) is 12.2. The molecule has 1 aromatic carbocycles. The van der Waals surface area contributed by atoms with Crippen LogP contribution in [0.4, 0.5) is 0 Å². The van der Waals surface area contributed by atoms with Crippen LogP contribution in [-0.4, -0.2) is 5.84 Å². The third-order valence-electron chi connectivity index (χ3n) is 1.77. The number of aryl methyl sites for hydroxylation is 1. The number of benzene rings is 1. The second-order valence-corrected chi connectivity index (χ2v) is 2.92. The lowest BCUT2D eigenvalue weighted by Crippen LogP contribution is -2.95. The molecular formula is C9H10N4. The number of hydrogen-bond acceptors (Lipinski definition) is 3. The summed E-state index contributed by atoms with van der Waals surface area (Å²) in [7, 11) is 3.60. The van der Waals surface area contributed by atoms with E-state index in [1.165, 1.54) is 5.56 Å². The number of quaternary nitrogens is 1. The summed E-state index contributed by atoms with van der Waals surface area (Å²) < 4.78 is 0. The highest BCUT2D eigenvalue weighted by Crippen LogP contribution is 2.06. The monoisotopic (exact) mass is 174 g/mol. The fourth-order valence-corrected chi connectivity index (χ4v) is 1.18. The fraction of sp³-hybridized carbons (Fsp3) is 0.111. The highest BCUT2D eigenvalue weighted by atomic mass is 15.7. The van der Waals surface area contributed by atoms with Gasteiger partial charge in [0.15, 0.2) is 0 Å². The van der Waals surface area contributed by atoms with Gasteiger partial charge >= 0.3 is 0 Å². The molecule has 66 valence electrons. The van der Waals surface area contributed by atoms with Gasteiger partial charge in [0.2, 0.25) is 5.84 Å². The Morgan fingerprint density at radius 2 is 2.23 bits per heavy atom. The molecule has 1 atom stereocenters. The van der Waals surface area contributed by atoms with Crippen molar-refractivity contribution >= 4 is 5.84 Å². The molecule has 0 saturated heterocycles. The van der Waals surface area contributed by atoms with Gasteiger partial charge in [-0.25, -0.2) is 0 Å². The molecule has 1 N–H and O–H groups in total. The molecule has 0 aliphatic carbocycles. The molecule has 0 bridgehead atoms. The van der Waals surface area contributed by atoms with Crippen molar-refractivity contribution in [1.29, 1.82) is 0 Å². The highest BCUT2D eigenvalue weighted by molar-refractivity contribution is 5.99. The summed E-state index contributed by atoms with van der Waals surface area (Å²) in [4.78, 5) is 0. The Kier molecular flexibility index (Phi) is 1.90. The Balaban J connectivity index is 2.37. The minimum absolute atomic E-state index is 0.469. The first kappa shape index (κ1) is 8.07. The summed E-state index contributed by atoms with van der Waals surface area (Å²) in [5.41, 5.74) is 2.18. The van der Waals surface area contributed by atoms with Crippen LogP contribution < -0.4 is 5.12 Å². The van der Waals surface area contributed by atoms with Crippen molar-refractivity contribution in [3.63, 3.8) is 0 Å². The normalized spacial score (nSPS) is 20.5. The van der Waals surface area contributed by atoms with Gasteiger partial charge in [0.1, 0.15) is 0 Å². The molecule has 1 aromatic rings. The molecule has 4 heteroatoms. The van der Waals surface area contributed by atoms with E-state index < -0.39 is 0 Å². The minimum Gasteiger partial charge on any atom is -0.192 e. The summed E-state index contributed by atoms with van der Waals surface area (Å²) in [5.74, 6) is 0.647. The van der Waals surface area contributed by atoms with E-state index in [1.54, 1.807) is 0 Å². The molecule has 1 aliphatic rings. The van der Waals surface area contributed by atoms with E-state index in [0.29, 0.717) is 11.0 Å². The van der Waals surface area contributed by atoms with Crippen molar-refractivity contribution in [3.8, 4) is 0 Å². The first-order chi connectivity index (χ1) is 6.25. The molecule has 0 amide bonds. The fourth-order valence-electron chi connectivity index (χ4n) is 1.18. The standard InChI is InChI=1S/C9H10N4/c1-7-4-3-5-8(6-7)9-10-12-13(2)11-9/h3-6,13H,2H2,1H3. The molecular weight excluding hydrogens is 164 g/mol. The Bertz CT molecular complexity index is 381. The lowest BCUT2D eigenvalue weighted by molar-refractivity contribution is -0.868. The lowest BCUT2D eigenvalue weighted by Gasteiger charge is -1.97. The van der Waals surface area contributed by atoms with Crippen LogP contribution in [-0.2, 0) is 0 Å². The number of hydrogen-bond donors (Lipinski definition) is 1. The Morgan fingerprint density at radius 3 is 2.85 bits per heavy atom. The molecule has 4 nitrogen and oxygen atoms in total. The highest BCUT2D eigenvalue weighted by Gasteiger charge is 2.11. The van der Waals surface area contributed by atoms with E-state index in [2.05, 4.69) is 22.5 Å². The molecule has 0 fully saturated rings. The average Bonchev–Trinajstić information content (AvgIpc) is 2.52. The lowest BCUT2D eigenvalue weighted by atomic mass is 10.1. The topological polar surface area (TPSA) is 41.5 Å². The average molecular weight is 174 g/mol. The second kappa shape index (κ2) is 3.06. The van der Waals surface area contributed by atoms with Crippen molar-refractivity contribution in [3.05, 3.63) is 42.4 Å². The van der Waals surface area contributed by atoms with Crippen molar-refractivity contribution in [2.75, 3.05) is 0 Å². The zero-order valence-electron chi connectivity index (χ0n) is 7.36. The van der Waals surface area contributed by atoms with Crippen LogP contribution in [0.15, 0.2) is 39.7 Å². The van der Waals surface area contributed by atoms with Gasteiger partial charge in [0.05, 0.1) is 0 Å². The Labute approximate surface area is 76.6 Å². The van der Waals surface area contributed by atoms with E-state index in [-0.39, 0.29) is 0 Å². The maximum absolute atomic E-state index is 4.09. The van der Waals surface area contributed by atoms with Crippen LogP contribution >= 0.6 is 0 Å². The van der Waals surface area contributed by atoms with Gasteiger partial charge in [-0.1, -0.05) is 41.0 Å². The predicted molar refractivity (Wildman–Crippen MR) is 48.9 cm³/mol. The molecule has 0 radical (unpaired) electrons. The zero-order chi connectivity index (χ0) is 9.26. The zero-order valence-corrected chi connectivity index (χ0v) is 7.36. The first-order valence-corrected chi connectivity index (χ1v) is 4.02. The Hall–Kier alpha value is -1.55. The first-order valence-electron chi connectivity index (χ1n) is 4.02. The van der Waals surface area contributed by atoms with E-state index in [4.69, 9.17) is 0 Å². The number of rotatable bonds is 1. The van der Waals surface area contributed by atoms with Crippen molar-refractivity contribution < 1.29 is 5.12 Å². The summed E-state index contributed by atoms with van der Waals surface area (Å²) in [6.45, 7) is 2.03. The third-order valence-corrected chi connectivity index (χ3v) is 1.77. The van der Waals surface area contributed by atoms with E-state index in [9.17, 15) is 0 Å². The van der Waals surface area contributed by atoms with E-state index >= 15 is 0 Å². The predicted octanol–water partition coefficient (Wildman–Crippen LogP) is 0.714. The smallest absolute Gasteiger partial charge is 0.192 e. The minimum atomic E-state index is 0.469. The van der Waals surface area contributed by atoms with Crippen LogP contribution in [0.3, 0.4) is 0 Å². The van der Waals surface area contributed by atoms with Gasteiger partial charge in [-0.2, -0.15) is 5.12 Å². The molecule has 1 aliphatic heterocycles. The summed E-state index contributed by atoms with van der Waals surface area (Å²) >= 11 is 0. The largest absolute Gasteiger partial charge is 0.241 e. The molecule has 0 aromatic heterocycles. The molecule has 2 rings (SSSR count). The van der Waals surface area contributed by atoms with Gasteiger partial charge in [-0.15, -0.1) is 0 Å². The van der Waals surface area contributed by atoms with Crippen LogP contribution in [0, 0.1) is 14.0 Å². The summed E-state index contributed by atoms with van der Waals surface area (Å²) in [6, 6.07) is 7.99. The van der Waals surface area contributed by atoms with Crippen LogP contribution in [0.1, 0.15) is 11.1 Å². The van der Waals surface area contributed by atoms with E-state index in [0.717, 1.165) is 5.56 Å². The van der Waals surface area contributed by atoms with Gasteiger partial charge in [-0.05, 0) is 13.0 Å². The van der Waals surface area contributed by atoms with Gasteiger partial charge in [0.25, 0.3) is 0 Å².